The third kappa shape index (κ3) is 4.62. The number of nitrogens with zero attached hydrogens (tertiary/aromatic N) is 5. The molecule has 1 unspecified atom stereocenters. The highest BCUT2D eigenvalue weighted by Crippen LogP contribution is 2.36. The number of benzene rings is 2. The van der Waals surface area contributed by atoms with Gasteiger partial charge < -0.3 is 8.98 Å². The molecule has 4 aromatic rings. The van der Waals surface area contributed by atoms with Gasteiger partial charge in [-0.1, -0.05) is 43.3 Å². The summed E-state index contributed by atoms with van der Waals surface area (Å²) >= 11 is 1.51. The zero-order valence-corrected chi connectivity index (χ0v) is 21.7. The van der Waals surface area contributed by atoms with Gasteiger partial charge in [-0.15, -0.1) is 10.2 Å². The second kappa shape index (κ2) is 9.89. The van der Waals surface area contributed by atoms with Gasteiger partial charge in [0.05, 0.1) is 21.2 Å². The number of rotatable bonds is 9. The molecule has 0 aliphatic heterocycles. The van der Waals surface area contributed by atoms with Crippen molar-refractivity contribution in [3.05, 3.63) is 53.9 Å². The Labute approximate surface area is 204 Å². The van der Waals surface area contributed by atoms with E-state index in [0.29, 0.717) is 36.9 Å². The van der Waals surface area contributed by atoms with Crippen LogP contribution < -0.4 is 0 Å². The first-order valence-corrected chi connectivity index (χ1v) is 13.7. The van der Waals surface area contributed by atoms with E-state index in [1.165, 1.54) is 21.6 Å². The fraction of sp³-hybridized carbons (Fsp3) is 0.375. The van der Waals surface area contributed by atoms with Gasteiger partial charge in [0.1, 0.15) is 0 Å². The highest BCUT2D eigenvalue weighted by molar-refractivity contribution is 7.99. The predicted octanol–water partition coefficient (Wildman–Crippen LogP) is 5.30. The van der Waals surface area contributed by atoms with Crippen molar-refractivity contribution in [3.63, 3.8) is 0 Å². The molecule has 0 saturated heterocycles. The molecule has 180 valence electrons. The first-order valence-electron chi connectivity index (χ1n) is 11.4. The molecule has 0 amide bonds. The van der Waals surface area contributed by atoms with Crippen LogP contribution in [0.5, 0.6) is 0 Å². The fourth-order valence-electron chi connectivity index (χ4n) is 3.78. The summed E-state index contributed by atoms with van der Waals surface area (Å²) in [6.07, 6.45) is 0. The molecule has 10 heteroatoms. The van der Waals surface area contributed by atoms with Gasteiger partial charge in [-0.2, -0.15) is 4.31 Å². The highest BCUT2D eigenvalue weighted by Gasteiger charge is 2.24. The zero-order chi connectivity index (χ0) is 24.5. The minimum Gasteiger partial charge on any atom is -0.419 e. The molecule has 0 aliphatic rings. The molecule has 0 aliphatic carbocycles. The Morgan fingerprint density at radius 3 is 2.41 bits per heavy atom. The van der Waals surface area contributed by atoms with E-state index in [-0.39, 0.29) is 10.1 Å². The molecular weight excluding hydrogens is 470 g/mol. The van der Waals surface area contributed by atoms with Crippen LogP contribution in [0.3, 0.4) is 0 Å². The average molecular weight is 500 g/mol. The monoisotopic (exact) mass is 499 g/mol. The number of thioether (sulfide) groups is 1. The van der Waals surface area contributed by atoms with Gasteiger partial charge in [0, 0.05) is 25.2 Å². The Bertz CT molecular complexity index is 1390. The summed E-state index contributed by atoms with van der Waals surface area (Å²) in [6.45, 7) is 11.3. The molecule has 4 rings (SSSR count). The van der Waals surface area contributed by atoms with Gasteiger partial charge in [0.15, 0.2) is 5.16 Å². The third-order valence-corrected chi connectivity index (χ3v) is 8.84. The number of fused-ring (bicyclic) bond motifs is 1. The van der Waals surface area contributed by atoms with Crippen LogP contribution in [0.25, 0.3) is 22.5 Å². The summed E-state index contributed by atoms with van der Waals surface area (Å²) in [6, 6.07) is 13.1. The summed E-state index contributed by atoms with van der Waals surface area (Å²) in [7, 11) is -3.55. The lowest BCUT2D eigenvalue weighted by Gasteiger charge is -2.18. The Kier molecular flexibility index (Phi) is 7.11. The van der Waals surface area contributed by atoms with E-state index in [2.05, 4.69) is 14.8 Å². The van der Waals surface area contributed by atoms with Crippen molar-refractivity contribution >= 4 is 32.8 Å². The average Bonchev–Trinajstić information content (AvgIpc) is 3.44. The lowest BCUT2D eigenvalue weighted by atomic mass is 10.1. The quantitative estimate of drug-likeness (QED) is 0.289. The first-order chi connectivity index (χ1) is 16.3. The molecule has 0 fully saturated rings. The summed E-state index contributed by atoms with van der Waals surface area (Å²) in [5.41, 5.74) is 3.58. The van der Waals surface area contributed by atoms with Crippen LogP contribution in [-0.4, -0.2) is 45.6 Å². The van der Waals surface area contributed by atoms with E-state index in [0.717, 1.165) is 16.2 Å². The smallest absolute Gasteiger partial charge is 0.247 e. The van der Waals surface area contributed by atoms with Crippen molar-refractivity contribution in [3.8, 4) is 11.5 Å². The van der Waals surface area contributed by atoms with Crippen LogP contribution in [0, 0.1) is 6.92 Å². The van der Waals surface area contributed by atoms with Crippen LogP contribution in [-0.2, 0) is 16.6 Å². The number of aromatic nitrogens is 4. The van der Waals surface area contributed by atoms with E-state index >= 15 is 0 Å². The van der Waals surface area contributed by atoms with Gasteiger partial charge in [0.2, 0.25) is 21.8 Å². The van der Waals surface area contributed by atoms with E-state index in [1.54, 1.807) is 12.1 Å². The van der Waals surface area contributed by atoms with Crippen LogP contribution in [0.1, 0.15) is 44.4 Å². The summed E-state index contributed by atoms with van der Waals surface area (Å²) in [4.78, 5) is 5.02. The van der Waals surface area contributed by atoms with Crippen molar-refractivity contribution in [2.24, 2.45) is 0 Å². The van der Waals surface area contributed by atoms with Crippen molar-refractivity contribution in [1.29, 1.82) is 0 Å². The number of hydrogen-bond acceptors (Lipinski definition) is 7. The number of sulfonamides is 1. The van der Waals surface area contributed by atoms with E-state index in [9.17, 15) is 8.42 Å². The summed E-state index contributed by atoms with van der Waals surface area (Å²) in [5, 5.41) is 9.10. The van der Waals surface area contributed by atoms with E-state index in [4.69, 9.17) is 9.40 Å². The fourth-order valence-corrected chi connectivity index (χ4v) is 6.27. The van der Waals surface area contributed by atoms with Crippen molar-refractivity contribution in [1.82, 2.24) is 24.1 Å². The number of hydrogen-bond donors (Lipinski definition) is 0. The molecular formula is C24H29N5O3S2. The minimum absolute atomic E-state index is 0.132. The first kappa shape index (κ1) is 24.4. The molecule has 2 heterocycles. The molecule has 8 nitrogen and oxygen atoms in total. The molecule has 2 aromatic carbocycles. The standard InChI is InChI=1S/C24H29N5O3S2/c1-6-28(7-2)34(30,31)19-13-14-21-20(15-19)25-24(29(21)8-3)33-17(5)22-26-27-23(32-22)18-11-9-16(4)10-12-18/h9-15,17H,6-8H2,1-5H3. The van der Waals surface area contributed by atoms with Gasteiger partial charge in [-0.25, -0.2) is 13.4 Å². The Balaban J connectivity index is 1.62. The number of aryl methyl sites for hydroxylation is 2. The molecule has 0 spiro atoms. The van der Waals surface area contributed by atoms with Gasteiger partial charge in [-0.3, -0.25) is 0 Å². The largest absolute Gasteiger partial charge is 0.419 e. The maximum Gasteiger partial charge on any atom is 0.247 e. The SMILES string of the molecule is CCN(CC)S(=O)(=O)c1ccc2c(c1)nc(SC(C)c1nnc(-c3ccc(C)cc3)o1)n2CC. The Morgan fingerprint density at radius 2 is 1.76 bits per heavy atom. The van der Waals surface area contributed by atoms with Crippen LogP contribution >= 0.6 is 11.8 Å². The molecule has 0 radical (unpaired) electrons. The maximum absolute atomic E-state index is 13.0. The topological polar surface area (TPSA) is 94.1 Å². The predicted molar refractivity (Wildman–Crippen MR) is 134 cm³/mol. The van der Waals surface area contributed by atoms with Crippen molar-refractivity contribution in [2.75, 3.05) is 13.1 Å². The normalized spacial score (nSPS) is 13.1. The third-order valence-electron chi connectivity index (χ3n) is 5.71. The lowest BCUT2D eigenvalue weighted by molar-refractivity contribution is 0.445. The van der Waals surface area contributed by atoms with E-state index < -0.39 is 10.0 Å². The van der Waals surface area contributed by atoms with Gasteiger partial charge in [0.25, 0.3) is 0 Å². The molecule has 34 heavy (non-hydrogen) atoms. The summed E-state index contributed by atoms with van der Waals surface area (Å²) in [5.74, 6) is 0.998. The number of imidazole rings is 1. The van der Waals surface area contributed by atoms with Crippen LogP contribution in [0.4, 0.5) is 0 Å². The molecule has 0 saturated carbocycles. The molecule has 0 bridgehead atoms. The Morgan fingerprint density at radius 1 is 1.06 bits per heavy atom. The van der Waals surface area contributed by atoms with Crippen molar-refractivity contribution < 1.29 is 12.8 Å². The van der Waals surface area contributed by atoms with E-state index in [1.807, 2.05) is 65.0 Å². The highest BCUT2D eigenvalue weighted by atomic mass is 32.2. The van der Waals surface area contributed by atoms with Crippen LogP contribution in [0.15, 0.2) is 56.9 Å². The second-order valence-electron chi connectivity index (χ2n) is 7.95. The molecule has 1 atom stereocenters. The summed E-state index contributed by atoms with van der Waals surface area (Å²) < 4.78 is 35.4. The Hall–Kier alpha value is -2.69. The molecule has 2 aromatic heterocycles. The molecule has 0 N–H and O–H groups in total. The maximum atomic E-state index is 13.0. The zero-order valence-electron chi connectivity index (χ0n) is 20.0. The van der Waals surface area contributed by atoms with Crippen LogP contribution in [0.2, 0.25) is 0 Å². The second-order valence-corrected chi connectivity index (χ2v) is 11.2. The van der Waals surface area contributed by atoms with Gasteiger partial charge in [-0.05, 0) is 51.1 Å². The van der Waals surface area contributed by atoms with Gasteiger partial charge >= 0.3 is 0 Å². The van der Waals surface area contributed by atoms with Crippen molar-refractivity contribution in [2.45, 2.75) is 56.5 Å². The lowest BCUT2D eigenvalue weighted by Crippen LogP contribution is -2.30. The minimum atomic E-state index is -3.55.